The summed E-state index contributed by atoms with van der Waals surface area (Å²) in [6.45, 7) is 0.158. The van der Waals surface area contributed by atoms with Crippen LogP contribution in [0.15, 0.2) is 54.9 Å². The van der Waals surface area contributed by atoms with Crippen molar-refractivity contribution in [3.63, 3.8) is 0 Å². The Morgan fingerprint density at radius 3 is 2.94 bits per heavy atom. The fourth-order valence-corrected chi connectivity index (χ4v) is 3.97. The molecule has 2 aromatic carbocycles. The lowest BCUT2D eigenvalue weighted by molar-refractivity contribution is -0.137. The molecule has 1 saturated heterocycles. The zero-order valence-corrected chi connectivity index (χ0v) is 16.9. The molecule has 0 spiro atoms. The predicted molar refractivity (Wildman–Crippen MR) is 111 cm³/mol. The second-order valence-electron chi connectivity index (χ2n) is 7.50. The Hall–Kier alpha value is -3.72. The summed E-state index contributed by atoms with van der Waals surface area (Å²) < 4.78 is 16.0. The van der Waals surface area contributed by atoms with Gasteiger partial charge in [0.1, 0.15) is 18.3 Å². The number of carbonyl (C=O) groups is 2. The third-order valence-corrected chi connectivity index (χ3v) is 5.54. The van der Waals surface area contributed by atoms with Gasteiger partial charge in [0.05, 0.1) is 13.2 Å². The molecule has 2 amide bonds. The van der Waals surface area contributed by atoms with E-state index < -0.39 is 0 Å². The third-order valence-electron chi connectivity index (χ3n) is 5.54. The number of methoxy groups -OCH3 is 1. The van der Waals surface area contributed by atoms with E-state index >= 15 is 0 Å². The molecular weight excluding hydrogens is 400 g/mol. The summed E-state index contributed by atoms with van der Waals surface area (Å²) in [4.78, 5) is 26.9. The molecule has 9 heteroatoms. The molecule has 2 aromatic rings. The van der Waals surface area contributed by atoms with Crippen molar-refractivity contribution < 1.29 is 23.8 Å². The highest BCUT2D eigenvalue weighted by Crippen LogP contribution is 2.37. The molecule has 31 heavy (non-hydrogen) atoms. The fourth-order valence-electron chi connectivity index (χ4n) is 3.97. The molecule has 0 radical (unpaired) electrons. The Labute approximate surface area is 179 Å². The molecule has 1 fully saturated rings. The van der Waals surface area contributed by atoms with Crippen LogP contribution in [-0.4, -0.2) is 48.2 Å². The maximum atomic E-state index is 13.0. The lowest BCUT2D eigenvalue weighted by Crippen LogP contribution is -2.49. The van der Waals surface area contributed by atoms with E-state index in [9.17, 15) is 9.59 Å². The number of nitrogens with one attached hydrogen (secondary N) is 2. The number of fused-ring (bicyclic) bond motifs is 2. The highest BCUT2D eigenvalue weighted by molar-refractivity contribution is 5.96. The SMILES string of the molecule is COc1cccc(NC(=O)CN2C=CN3NC(c4ccc5c(c4)OCO5)CC3C2=O)c1. The number of amides is 2. The van der Waals surface area contributed by atoms with Crippen molar-refractivity contribution in [1.82, 2.24) is 15.3 Å². The number of benzene rings is 2. The molecule has 3 heterocycles. The second kappa shape index (κ2) is 7.84. The molecule has 160 valence electrons. The van der Waals surface area contributed by atoms with Crippen molar-refractivity contribution >= 4 is 17.5 Å². The Balaban J connectivity index is 1.23. The zero-order valence-electron chi connectivity index (χ0n) is 16.9. The van der Waals surface area contributed by atoms with Gasteiger partial charge in [0.2, 0.25) is 12.7 Å². The highest BCUT2D eigenvalue weighted by atomic mass is 16.7. The van der Waals surface area contributed by atoms with E-state index in [1.54, 1.807) is 48.8 Å². The maximum Gasteiger partial charge on any atom is 0.251 e. The Morgan fingerprint density at radius 1 is 1.19 bits per heavy atom. The summed E-state index contributed by atoms with van der Waals surface area (Å²) in [6.07, 6.45) is 3.99. The molecule has 0 bridgehead atoms. The topological polar surface area (TPSA) is 92.4 Å². The smallest absolute Gasteiger partial charge is 0.251 e. The second-order valence-corrected chi connectivity index (χ2v) is 7.50. The number of ether oxygens (including phenoxy) is 3. The molecular formula is C22H22N4O5. The molecule has 0 aromatic heterocycles. The first-order valence-corrected chi connectivity index (χ1v) is 9.97. The summed E-state index contributed by atoms with van der Waals surface area (Å²) >= 11 is 0. The lowest BCUT2D eigenvalue weighted by Gasteiger charge is -2.31. The van der Waals surface area contributed by atoms with Gasteiger partial charge >= 0.3 is 0 Å². The minimum absolute atomic E-state index is 0.0429. The van der Waals surface area contributed by atoms with Crippen LogP contribution in [-0.2, 0) is 9.59 Å². The van der Waals surface area contributed by atoms with Gasteiger partial charge in [-0.25, -0.2) is 5.43 Å². The number of hydrogen-bond donors (Lipinski definition) is 2. The van der Waals surface area contributed by atoms with E-state index in [1.807, 2.05) is 18.2 Å². The summed E-state index contributed by atoms with van der Waals surface area (Å²) in [6, 6.07) is 12.4. The summed E-state index contributed by atoms with van der Waals surface area (Å²) in [5, 5.41) is 4.60. The van der Waals surface area contributed by atoms with Crippen LogP contribution in [0, 0.1) is 0 Å². The zero-order chi connectivity index (χ0) is 21.4. The van der Waals surface area contributed by atoms with Crippen LogP contribution in [0.25, 0.3) is 0 Å². The molecule has 0 saturated carbocycles. The first kappa shape index (κ1) is 19.3. The van der Waals surface area contributed by atoms with Gasteiger partial charge in [0.25, 0.3) is 5.91 Å². The fraction of sp³-hybridized carbons (Fsp3) is 0.273. The van der Waals surface area contributed by atoms with Gasteiger partial charge in [0.15, 0.2) is 11.5 Å². The minimum atomic E-state index is -0.384. The maximum absolute atomic E-state index is 13.0. The van der Waals surface area contributed by atoms with E-state index in [0.29, 0.717) is 23.6 Å². The van der Waals surface area contributed by atoms with Crippen molar-refractivity contribution in [1.29, 1.82) is 0 Å². The van der Waals surface area contributed by atoms with E-state index in [1.165, 1.54) is 4.90 Å². The normalized spacial score (nSPS) is 21.3. The molecule has 2 atom stereocenters. The van der Waals surface area contributed by atoms with E-state index in [4.69, 9.17) is 14.2 Å². The molecule has 3 aliphatic heterocycles. The highest BCUT2D eigenvalue weighted by Gasteiger charge is 2.40. The monoisotopic (exact) mass is 422 g/mol. The predicted octanol–water partition coefficient (Wildman–Crippen LogP) is 2.00. The van der Waals surface area contributed by atoms with Crippen LogP contribution in [0.2, 0.25) is 0 Å². The Kier molecular flexibility index (Phi) is 4.87. The van der Waals surface area contributed by atoms with Crippen LogP contribution in [0.5, 0.6) is 17.2 Å². The molecule has 9 nitrogen and oxygen atoms in total. The van der Waals surface area contributed by atoms with Crippen molar-refractivity contribution in [3.05, 3.63) is 60.4 Å². The van der Waals surface area contributed by atoms with Crippen LogP contribution in [0.4, 0.5) is 5.69 Å². The molecule has 5 rings (SSSR count). The number of anilines is 1. The van der Waals surface area contributed by atoms with Gasteiger partial charge in [-0.05, 0) is 36.2 Å². The van der Waals surface area contributed by atoms with Crippen LogP contribution < -0.4 is 25.0 Å². The Bertz CT molecular complexity index is 1060. The minimum Gasteiger partial charge on any atom is -0.497 e. The van der Waals surface area contributed by atoms with Gasteiger partial charge in [0, 0.05) is 24.2 Å². The van der Waals surface area contributed by atoms with E-state index in [2.05, 4.69) is 10.7 Å². The number of rotatable bonds is 5. The van der Waals surface area contributed by atoms with Crippen molar-refractivity contribution in [2.45, 2.75) is 18.5 Å². The van der Waals surface area contributed by atoms with E-state index in [-0.39, 0.29) is 37.2 Å². The molecule has 2 N–H and O–H groups in total. The standard InChI is InChI=1S/C22H22N4O5/c1-29-16-4-2-3-15(10-16)23-21(27)12-25-7-8-26-18(22(25)28)11-17(24-26)14-5-6-19-20(9-14)31-13-30-19/h2-10,17-18,24H,11-13H2,1H3,(H,23,27). The van der Waals surface area contributed by atoms with Crippen LogP contribution in [0.1, 0.15) is 18.0 Å². The molecule has 3 aliphatic rings. The number of carbonyl (C=O) groups excluding carboxylic acids is 2. The third kappa shape index (κ3) is 3.75. The van der Waals surface area contributed by atoms with Crippen LogP contribution >= 0.6 is 0 Å². The first-order valence-electron chi connectivity index (χ1n) is 9.97. The van der Waals surface area contributed by atoms with Gasteiger partial charge in [-0.2, -0.15) is 0 Å². The van der Waals surface area contributed by atoms with Gasteiger partial charge in [-0.15, -0.1) is 0 Å². The van der Waals surface area contributed by atoms with Gasteiger partial charge < -0.3 is 29.4 Å². The number of hydrogen-bond acceptors (Lipinski definition) is 7. The van der Waals surface area contributed by atoms with Gasteiger partial charge in [-0.1, -0.05) is 12.1 Å². The van der Waals surface area contributed by atoms with Gasteiger partial charge in [-0.3, -0.25) is 9.59 Å². The largest absolute Gasteiger partial charge is 0.497 e. The molecule has 0 aliphatic carbocycles. The quantitative estimate of drug-likeness (QED) is 0.761. The summed E-state index contributed by atoms with van der Waals surface area (Å²) in [7, 11) is 1.57. The Morgan fingerprint density at radius 2 is 2.06 bits per heavy atom. The van der Waals surface area contributed by atoms with Crippen molar-refractivity contribution in [2.24, 2.45) is 0 Å². The summed E-state index contributed by atoms with van der Waals surface area (Å²) in [5.74, 6) is 1.68. The van der Waals surface area contributed by atoms with Crippen molar-refractivity contribution in [2.75, 3.05) is 25.8 Å². The average Bonchev–Trinajstić information content (AvgIpc) is 3.42. The number of hydrazine groups is 1. The van der Waals surface area contributed by atoms with Crippen molar-refractivity contribution in [3.8, 4) is 17.2 Å². The molecule has 2 unspecified atom stereocenters. The van der Waals surface area contributed by atoms with E-state index in [0.717, 1.165) is 11.3 Å². The average molecular weight is 422 g/mol. The first-order chi connectivity index (χ1) is 15.1. The van der Waals surface area contributed by atoms with Crippen LogP contribution in [0.3, 0.4) is 0 Å². The summed E-state index contributed by atoms with van der Waals surface area (Å²) in [5.41, 5.74) is 4.98. The number of nitrogens with zero attached hydrogens (tertiary/aromatic N) is 2. The lowest BCUT2D eigenvalue weighted by atomic mass is 10.0.